The maximum atomic E-state index is 13.1. The van der Waals surface area contributed by atoms with Crippen molar-refractivity contribution in [1.29, 1.82) is 0 Å². The quantitative estimate of drug-likeness (QED) is 0.645. The molecule has 1 aromatic carbocycles. The van der Waals surface area contributed by atoms with E-state index in [0.29, 0.717) is 11.0 Å². The number of nitrogens with zero attached hydrogens (tertiary/aromatic N) is 2. The van der Waals surface area contributed by atoms with Crippen LogP contribution in [0.5, 0.6) is 0 Å². The van der Waals surface area contributed by atoms with Crippen molar-refractivity contribution in [3.8, 4) is 0 Å². The fourth-order valence-electron chi connectivity index (χ4n) is 2.46. The normalized spacial score (nSPS) is 13.0. The zero-order valence-electron chi connectivity index (χ0n) is 13.7. The summed E-state index contributed by atoms with van der Waals surface area (Å²) in [4.78, 5) is 15.2. The second kappa shape index (κ2) is 7.06. The van der Waals surface area contributed by atoms with Crippen LogP contribution in [0.1, 0.15) is 12.6 Å². The topological polar surface area (TPSA) is 98.5 Å². The van der Waals surface area contributed by atoms with Crippen LogP contribution >= 0.6 is 11.6 Å². The van der Waals surface area contributed by atoms with E-state index in [1.807, 2.05) is 0 Å². The van der Waals surface area contributed by atoms with Crippen LogP contribution in [0.25, 0.3) is 11.0 Å². The van der Waals surface area contributed by atoms with E-state index < -0.39 is 22.1 Å². The maximum Gasteiger partial charge on any atom is 0.332 e. The predicted molar refractivity (Wildman–Crippen MR) is 95.7 cm³/mol. The average molecular weight is 395 g/mol. The third kappa shape index (κ3) is 3.44. The van der Waals surface area contributed by atoms with Gasteiger partial charge in [0.05, 0.1) is 28.2 Å². The highest BCUT2D eigenvalue weighted by molar-refractivity contribution is 7.90. The van der Waals surface area contributed by atoms with Gasteiger partial charge >= 0.3 is 5.97 Å². The van der Waals surface area contributed by atoms with Crippen LogP contribution in [0, 0.1) is 0 Å². The van der Waals surface area contributed by atoms with Crippen LogP contribution in [-0.2, 0) is 26.2 Å². The van der Waals surface area contributed by atoms with Crippen LogP contribution in [0.4, 0.5) is 0 Å². The number of halogens is 1. The van der Waals surface area contributed by atoms with Crippen molar-refractivity contribution in [1.82, 2.24) is 8.96 Å². The lowest BCUT2D eigenvalue weighted by Crippen LogP contribution is -2.22. The molecule has 0 aliphatic carbocycles. The number of hydrogen-bond donors (Lipinski definition) is 1. The molecule has 7 nitrogen and oxygen atoms in total. The van der Waals surface area contributed by atoms with Gasteiger partial charge in [0.15, 0.2) is 6.10 Å². The number of pyridine rings is 1. The summed E-state index contributed by atoms with van der Waals surface area (Å²) >= 11 is 5.90. The number of carboxylic acids is 1. The molecule has 136 valence electrons. The first-order chi connectivity index (χ1) is 12.3. The molecule has 0 spiro atoms. The Labute approximate surface area is 154 Å². The fraction of sp³-hybridized carbons (Fsp3) is 0.176. The van der Waals surface area contributed by atoms with Crippen molar-refractivity contribution in [2.45, 2.75) is 24.5 Å². The summed E-state index contributed by atoms with van der Waals surface area (Å²) < 4.78 is 32.6. The van der Waals surface area contributed by atoms with Crippen LogP contribution in [0.3, 0.4) is 0 Å². The minimum atomic E-state index is -3.93. The molecular weight excluding hydrogens is 380 g/mol. The number of aliphatic carboxylic acids is 1. The highest BCUT2D eigenvalue weighted by Crippen LogP contribution is 2.26. The molecular formula is C17H15ClN2O5S. The van der Waals surface area contributed by atoms with Crippen molar-refractivity contribution < 1.29 is 23.1 Å². The van der Waals surface area contributed by atoms with Crippen molar-refractivity contribution >= 4 is 38.6 Å². The molecule has 26 heavy (non-hydrogen) atoms. The van der Waals surface area contributed by atoms with Crippen molar-refractivity contribution in [2.24, 2.45) is 0 Å². The molecule has 9 heteroatoms. The summed E-state index contributed by atoms with van der Waals surface area (Å²) in [6.45, 7) is 1.16. The van der Waals surface area contributed by atoms with Crippen LogP contribution in [0.2, 0.25) is 5.15 Å². The number of aromatic nitrogens is 2. The predicted octanol–water partition coefficient (Wildman–Crippen LogP) is 2.92. The summed E-state index contributed by atoms with van der Waals surface area (Å²) in [5.74, 6) is -1.14. The zero-order chi connectivity index (χ0) is 18.9. The van der Waals surface area contributed by atoms with Gasteiger partial charge in [0.25, 0.3) is 10.0 Å². The zero-order valence-corrected chi connectivity index (χ0v) is 15.2. The van der Waals surface area contributed by atoms with Crippen LogP contribution in [-0.4, -0.2) is 34.6 Å². The van der Waals surface area contributed by atoms with Crippen LogP contribution in [0.15, 0.2) is 53.4 Å². The molecule has 0 saturated heterocycles. The largest absolute Gasteiger partial charge is 0.479 e. The number of hydrogen-bond acceptors (Lipinski definition) is 5. The molecule has 3 aromatic rings. The number of carbonyl (C=O) groups is 1. The van der Waals surface area contributed by atoms with Gasteiger partial charge in [-0.25, -0.2) is 22.2 Å². The molecule has 0 aliphatic heterocycles. The highest BCUT2D eigenvalue weighted by Gasteiger charge is 2.24. The monoisotopic (exact) mass is 394 g/mol. The lowest BCUT2D eigenvalue weighted by molar-refractivity contribution is -0.149. The van der Waals surface area contributed by atoms with E-state index >= 15 is 0 Å². The lowest BCUT2D eigenvalue weighted by atomic mass is 10.4. The van der Waals surface area contributed by atoms with Crippen molar-refractivity contribution in [2.75, 3.05) is 0 Å². The Kier molecular flexibility index (Phi) is 4.99. The van der Waals surface area contributed by atoms with Gasteiger partial charge in [-0.05, 0) is 37.3 Å². The molecule has 2 aromatic heterocycles. The number of ether oxygens (including phenoxy) is 1. The minimum Gasteiger partial charge on any atom is -0.479 e. The molecule has 0 bridgehead atoms. The third-order valence-corrected chi connectivity index (χ3v) is 5.75. The standard InChI is InChI=1S/C17H15ClN2O5S/c1-11(17(21)22)25-10-12-9-14-15(7-8-16(18)19-14)20(12)26(23,24)13-5-3-2-4-6-13/h2-9,11H,10H2,1H3,(H,21,22). The molecule has 0 saturated carbocycles. The van der Waals surface area contributed by atoms with Gasteiger partial charge < -0.3 is 9.84 Å². The lowest BCUT2D eigenvalue weighted by Gasteiger charge is -2.13. The second-order valence-electron chi connectivity index (χ2n) is 5.55. The Morgan fingerprint density at radius 1 is 1.27 bits per heavy atom. The van der Waals surface area contributed by atoms with Gasteiger partial charge in [0, 0.05) is 0 Å². The molecule has 1 atom stereocenters. The van der Waals surface area contributed by atoms with E-state index in [2.05, 4.69) is 4.98 Å². The SMILES string of the molecule is CC(OCc1cc2nc(Cl)ccc2n1S(=O)(=O)c1ccccc1)C(=O)O. The smallest absolute Gasteiger partial charge is 0.332 e. The maximum absolute atomic E-state index is 13.1. The number of rotatable bonds is 6. The van der Waals surface area contributed by atoms with E-state index in [9.17, 15) is 13.2 Å². The minimum absolute atomic E-state index is 0.0972. The Balaban J connectivity index is 2.15. The average Bonchev–Trinajstić information content (AvgIpc) is 2.98. The van der Waals surface area contributed by atoms with Gasteiger partial charge in [0.2, 0.25) is 0 Å². The third-order valence-electron chi connectivity index (χ3n) is 3.76. The second-order valence-corrected chi connectivity index (χ2v) is 7.72. The van der Waals surface area contributed by atoms with Crippen molar-refractivity contribution in [3.63, 3.8) is 0 Å². The van der Waals surface area contributed by atoms with Gasteiger partial charge in [0.1, 0.15) is 5.15 Å². The van der Waals surface area contributed by atoms with Gasteiger partial charge in [-0.1, -0.05) is 29.8 Å². The van der Waals surface area contributed by atoms with Crippen LogP contribution < -0.4 is 0 Å². The Morgan fingerprint density at radius 2 is 1.96 bits per heavy atom. The molecule has 0 aliphatic rings. The summed E-state index contributed by atoms with van der Waals surface area (Å²) in [6, 6.07) is 12.5. The first kappa shape index (κ1) is 18.4. The van der Waals surface area contributed by atoms with Gasteiger partial charge in [-0.2, -0.15) is 0 Å². The first-order valence-corrected chi connectivity index (χ1v) is 9.44. The number of carboxylic acid groups (broad SMARTS) is 1. The highest BCUT2D eigenvalue weighted by atomic mass is 35.5. The molecule has 2 heterocycles. The van der Waals surface area contributed by atoms with Gasteiger partial charge in [-0.3, -0.25) is 0 Å². The van der Waals surface area contributed by atoms with E-state index in [-0.39, 0.29) is 22.3 Å². The molecule has 1 unspecified atom stereocenters. The molecule has 0 amide bonds. The summed E-state index contributed by atoms with van der Waals surface area (Å²) in [7, 11) is -3.93. The Morgan fingerprint density at radius 3 is 2.62 bits per heavy atom. The molecule has 3 rings (SSSR count). The first-order valence-electron chi connectivity index (χ1n) is 7.62. The van der Waals surface area contributed by atoms with E-state index in [0.717, 1.165) is 3.97 Å². The molecule has 1 N–H and O–H groups in total. The molecule has 0 fully saturated rings. The Bertz CT molecular complexity index is 1060. The van der Waals surface area contributed by atoms with Crippen molar-refractivity contribution in [3.05, 3.63) is 59.4 Å². The van der Waals surface area contributed by atoms with E-state index in [1.165, 1.54) is 31.2 Å². The summed E-state index contributed by atoms with van der Waals surface area (Å²) in [5.41, 5.74) is 0.963. The molecule has 0 radical (unpaired) electrons. The van der Waals surface area contributed by atoms with Gasteiger partial charge in [-0.15, -0.1) is 0 Å². The van der Waals surface area contributed by atoms with E-state index in [1.54, 1.807) is 24.3 Å². The van der Waals surface area contributed by atoms with E-state index in [4.69, 9.17) is 21.4 Å². The summed E-state index contributed by atoms with van der Waals surface area (Å²) in [6.07, 6.45) is -1.09. The number of fused-ring (bicyclic) bond motifs is 1. The fourth-order valence-corrected chi connectivity index (χ4v) is 4.15. The Hall–Kier alpha value is -2.42. The summed E-state index contributed by atoms with van der Waals surface area (Å²) in [5, 5.41) is 9.18. The number of benzene rings is 1.